The first-order valence-corrected chi connectivity index (χ1v) is 6.16. The van der Waals surface area contributed by atoms with Crippen LogP contribution in [0.2, 0.25) is 0 Å². The van der Waals surface area contributed by atoms with Crippen LogP contribution in [0.15, 0.2) is 12.7 Å². The minimum absolute atomic E-state index is 0.302. The first-order chi connectivity index (χ1) is 7.19. The van der Waals surface area contributed by atoms with Gasteiger partial charge < -0.3 is 10.4 Å². The van der Waals surface area contributed by atoms with Crippen molar-refractivity contribution in [1.82, 2.24) is 5.32 Å². The number of nitrogens with one attached hydrogen (secondary N) is 1. The highest BCUT2D eigenvalue weighted by Crippen LogP contribution is 2.34. The van der Waals surface area contributed by atoms with E-state index < -0.39 is 0 Å². The number of rotatable bonds is 8. The van der Waals surface area contributed by atoms with Crippen LogP contribution in [-0.4, -0.2) is 23.8 Å². The summed E-state index contributed by atoms with van der Waals surface area (Å²) in [6, 6.07) is 1.04. The second kappa shape index (κ2) is 6.29. The van der Waals surface area contributed by atoms with E-state index in [0.717, 1.165) is 18.8 Å². The van der Waals surface area contributed by atoms with Crippen LogP contribution in [0.5, 0.6) is 0 Å². The van der Waals surface area contributed by atoms with Gasteiger partial charge in [-0.1, -0.05) is 13.0 Å². The lowest BCUT2D eigenvalue weighted by Crippen LogP contribution is -2.41. The van der Waals surface area contributed by atoms with Crippen molar-refractivity contribution in [2.75, 3.05) is 6.61 Å². The molecular formula is C13H25NO. The Hall–Kier alpha value is -0.340. The number of hydrogen-bond acceptors (Lipinski definition) is 2. The van der Waals surface area contributed by atoms with Gasteiger partial charge in [0.2, 0.25) is 0 Å². The van der Waals surface area contributed by atoms with Gasteiger partial charge in [-0.05, 0) is 44.4 Å². The number of allylic oxidation sites excluding steroid dienone is 1. The zero-order valence-electron chi connectivity index (χ0n) is 10.1. The van der Waals surface area contributed by atoms with Crippen LogP contribution in [0.4, 0.5) is 0 Å². The van der Waals surface area contributed by atoms with Gasteiger partial charge in [0.15, 0.2) is 0 Å². The lowest BCUT2D eigenvalue weighted by atomic mass is 9.97. The van der Waals surface area contributed by atoms with Crippen molar-refractivity contribution in [3.63, 3.8) is 0 Å². The van der Waals surface area contributed by atoms with Crippen molar-refractivity contribution in [3.05, 3.63) is 12.7 Å². The Kier molecular flexibility index (Phi) is 5.34. The van der Waals surface area contributed by atoms with Crippen LogP contribution in [0, 0.1) is 11.8 Å². The number of aliphatic hydroxyl groups is 1. The maximum Gasteiger partial charge on any atom is 0.0445 e. The van der Waals surface area contributed by atoms with Gasteiger partial charge in [0.1, 0.15) is 0 Å². The minimum atomic E-state index is 0.302. The van der Waals surface area contributed by atoms with Crippen molar-refractivity contribution in [2.45, 2.75) is 51.6 Å². The Balaban J connectivity index is 2.31. The van der Waals surface area contributed by atoms with Crippen molar-refractivity contribution >= 4 is 0 Å². The van der Waals surface area contributed by atoms with Gasteiger partial charge in [0.05, 0.1) is 0 Å². The van der Waals surface area contributed by atoms with Crippen molar-refractivity contribution in [3.8, 4) is 0 Å². The fourth-order valence-corrected chi connectivity index (χ4v) is 2.06. The molecule has 2 heteroatoms. The van der Waals surface area contributed by atoms with E-state index >= 15 is 0 Å². The molecule has 0 aromatic carbocycles. The van der Waals surface area contributed by atoms with Crippen LogP contribution < -0.4 is 5.32 Å². The van der Waals surface area contributed by atoms with Crippen LogP contribution in [0.25, 0.3) is 0 Å². The molecule has 0 amide bonds. The molecule has 3 unspecified atom stereocenters. The summed E-state index contributed by atoms with van der Waals surface area (Å²) in [4.78, 5) is 0. The maximum atomic E-state index is 9.01. The number of hydrogen-bond donors (Lipinski definition) is 2. The average molecular weight is 211 g/mol. The molecule has 3 atom stereocenters. The van der Waals surface area contributed by atoms with Crippen molar-refractivity contribution in [2.24, 2.45) is 11.8 Å². The first-order valence-electron chi connectivity index (χ1n) is 6.16. The molecule has 0 bridgehead atoms. The Morgan fingerprint density at radius 3 is 2.60 bits per heavy atom. The summed E-state index contributed by atoms with van der Waals surface area (Å²) in [5.74, 6) is 1.44. The SMILES string of the molecule is C=CCC(C)C(C)NC(CCO)C1CC1. The second-order valence-electron chi connectivity index (χ2n) is 4.91. The molecule has 0 heterocycles. The molecule has 1 rings (SSSR count). The molecule has 88 valence electrons. The highest BCUT2D eigenvalue weighted by atomic mass is 16.3. The van der Waals surface area contributed by atoms with Gasteiger partial charge in [-0.15, -0.1) is 6.58 Å². The van der Waals surface area contributed by atoms with E-state index in [0.29, 0.717) is 24.6 Å². The highest BCUT2D eigenvalue weighted by Gasteiger charge is 2.31. The smallest absolute Gasteiger partial charge is 0.0445 e. The molecule has 0 saturated heterocycles. The molecule has 1 saturated carbocycles. The van der Waals surface area contributed by atoms with Crippen LogP contribution in [0.3, 0.4) is 0 Å². The average Bonchev–Trinajstić information content (AvgIpc) is 3.00. The molecule has 2 N–H and O–H groups in total. The third-order valence-corrected chi connectivity index (χ3v) is 3.50. The fourth-order valence-electron chi connectivity index (χ4n) is 2.06. The summed E-state index contributed by atoms with van der Waals surface area (Å²) in [7, 11) is 0. The first kappa shape index (κ1) is 12.7. The molecule has 0 aromatic heterocycles. The van der Waals surface area contributed by atoms with E-state index in [-0.39, 0.29) is 0 Å². The van der Waals surface area contributed by atoms with E-state index in [4.69, 9.17) is 5.11 Å². The number of aliphatic hydroxyl groups excluding tert-OH is 1. The minimum Gasteiger partial charge on any atom is -0.396 e. The zero-order chi connectivity index (χ0) is 11.3. The summed E-state index contributed by atoms with van der Waals surface area (Å²) in [5, 5.41) is 12.7. The standard InChI is InChI=1S/C13H25NO/c1-4-5-10(2)11(3)14-13(8-9-15)12-6-7-12/h4,10-15H,1,5-9H2,2-3H3. The molecule has 0 radical (unpaired) electrons. The van der Waals surface area contributed by atoms with Gasteiger partial charge in [0, 0.05) is 18.7 Å². The molecule has 0 spiro atoms. The van der Waals surface area contributed by atoms with Crippen LogP contribution in [0.1, 0.15) is 39.5 Å². The lowest BCUT2D eigenvalue weighted by molar-refractivity contribution is 0.239. The molecule has 2 nitrogen and oxygen atoms in total. The van der Waals surface area contributed by atoms with Gasteiger partial charge in [0.25, 0.3) is 0 Å². The summed E-state index contributed by atoms with van der Waals surface area (Å²) in [6.07, 6.45) is 6.61. The van der Waals surface area contributed by atoms with Crippen LogP contribution in [-0.2, 0) is 0 Å². The Bertz CT molecular complexity index is 189. The summed E-state index contributed by atoms with van der Waals surface area (Å²) < 4.78 is 0. The van der Waals surface area contributed by atoms with E-state index in [9.17, 15) is 0 Å². The maximum absolute atomic E-state index is 9.01. The largest absolute Gasteiger partial charge is 0.396 e. The molecular weight excluding hydrogens is 186 g/mol. The summed E-state index contributed by atoms with van der Waals surface area (Å²) in [6.45, 7) is 8.57. The normalized spacial score (nSPS) is 22.1. The Labute approximate surface area is 93.8 Å². The molecule has 1 aliphatic carbocycles. The van der Waals surface area contributed by atoms with E-state index in [1.165, 1.54) is 12.8 Å². The Morgan fingerprint density at radius 1 is 1.47 bits per heavy atom. The van der Waals surface area contributed by atoms with Crippen LogP contribution >= 0.6 is 0 Å². The summed E-state index contributed by atoms with van der Waals surface area (Å²) in [5.41, 5.74) is 0. The predicted octanol–water partition coefficient (Wildman–Crippen LogP) is 2.34. The van der Waals surface area contributed by atoms with E-state index in [1.807, 2.05) is 6.08 Å². The third-order valence-electron chi connectivity index (χ3n) is 3.50. The molecule has 0 aliphatic heterocycles. The van der Waals surface area contributed by atoms with Crippen molar-refractivity contribution < 1.29 is 5.11 Å². The third kappa shape index (κ3) is 4.35. The van der Waals surface area contributed by atoms with Gasteiger partial charge >= 0.3 is 0 Å². The topological polar surface area (TPSA) is 32.3 Å². The Morgan fingerprint density at radius 2 is 2.13 bits per heavy atom. The van der Waals surface area contributed by atoms with Gasteiger partial charge in [-0.2, -0.15) is 0 Å². The molecule has 0 aromatic rings. The van der Waals surface area contributed by atoms with Gasteiger partial charge in [-0.25, -0.2) is 0 Å². The summed E-state index contributed by atoms with van der Waals surface area (Å²) >= 11 is 0. The zero-order valence-corrected chi connectivity index (χ0v) is 10.1. The van der Waals surface area contributed by atoms with Gasteiger partial charge in [-0.3, -0.25) is 0 Å². The highest BCUT2D eigenvalue weighted by molar-refractivity contribution is 4.89. The molecule has 1 aliphatic rings. The lowest BCUT2D eigenvalue weighted by Gasteiger charge is -2.26. The monoisotopic (exact) mass is 211 g/mol. The molecule has 15 heavy (non-hydrogen) atoms. The molecule has 1 fully saturated rings. The quantitative estimate of drug-likeness (QED) is 0.604. The van der Waals surface area contributed by atoms with Crippen molar-refractivity contribution in [1.29, 1.82) is 0 Å². The predicted molar refractivity (Wildman–Crippen MR) is 64.8 cm³/mol. The van der Waals surface area contributed by atoms with E-state index in [1.54, 1.807) is 0 Å². The van der Waals surface area contributed by atoms with E-state index in [2.05, 4.69) is 25.7 Å². The fraction of sp³-hybridized carbons (Fsp3) is 0.846. The second-order valence-corrected chi connectivity index (χ2v) is 4.91.